The zero-order valence-corrected chi connectivity index (χ0v) is 16.0. The fourth-order valence-corrected chi connectivity index (χ4v) is 7.37. The highest BCUT2D eigenvalue weighted by Gasteiger charge is 2.59. The minimum absolute atomic E-state index is 0.0242. The number of esters is 1. The molecule has 0 N–H and O–H groups in total. The van der Waals surface area contributed by atoms with E-state index in [-0.39, 0.29) is 16.8 Å². The first-order chi connectivity index (χ1) is 11.9. The number of allylic oxidation sites excluding steroid dienone is 1. The molecule has 3 saturated carbocycles. The van der Waals surface area contributed by atoms with Crippen molar-refractivity contribution >= 4 is 11.8 Å². The molecule has 25 heavy (non-hydrogen) atoms. The van der Waals surface area contributed by atoms with Crippen LogP contribution in [-0.2, 0) is 14.3 Å². The van der Waals surface area contributed by atoms with Gasteiger partial charge in [0.05, 0.1) is 13.5 Å². The highest BCUT2D eigenvalue weighted by atomic mass is 16.5. The van der Waals surface area contributed by atoms with E-state index < -0.39 is 0 Å². The molecule has 3 heteroatoms. The Labute approximate surface area is 151 Å². The van der Waals surface area contributed by atoms with Gasteiger partial charge in [0.25, 0.3) is 0 Å². The van der Waals surface area contributed by atoms with Crippen molar-refractivity contribution in [3.05, 3.63) is 11.6 Å². The Hall–Kier alpha value is -1.12. The van der Waals surface area contributed by atoms with Crippen LogP contribution < -0.4 is 0 Å². The highest BCUT2D eigenvalue weighted by Crippen LogP contribution is 2.67. The summed E-state index contributed by atoms with van der Waals surface area (Å²) in [6.07, 6.45) is 11.5. The smallest absolute Gasteiger partial charge is 0.306 e. The minimum Gasteiger partial charge on any atom is -0.469 e. The van der Waals surface area contributed by atoms with Crippen LogP contribution in [0.25, 0.3) is 0 Å². The zero-order valence-electron chi connectivity index (χ0n) is 16.0. The number of methoxy groups -OCH3 is 1. The summed E-state index contributed by atoms with van der Waals surface area (Å²) in [5.41, 5.74) is 1.83. The molecule has 6 atom stereocenters. The maximum Gasteiger partial charge on any atom is 0.306 e. The quantitative estimate of drug-likeness (QED) is 0.682. The molecule has 0 spiro atoms. The van der Waals surface area contributed by atoms with E-state index in [1.165, 1.54) is 38.4 Å². The van der Waals surface area contributed by atoms with Crippen molar-refractivity contribution in [2.24, 2.45) is 34.5 Å². The first-order valence-electron chi connectivity index (χ1n) is 10.2. The first-order valence-corrected chi connectivity index (χ1v) is 10.2. The molecule has 0 heterocycles. The van der Waals surface area contributed by atoms with Gasteiger partial charge in [-0.05, 0) is 79.1 Å². The van der Waals surface area contributed by atoms with Crippen LogP contribution in [0.3, 0.4) is 0 Å². The second-order valence-corrected chi connectivity index (χ2v) is 9.57. The number of ether oxygens (including phenoxy) is 1. The fourth-order valence-electron chi connectivity index (χ4n) is 7.37. The van der Waals surface area contributed by atoms with Gasteiger partial charge in [-0.1, -0.05) is 25.8 Å². The van der Waals surface area contributed by atoms with E-state index in [9.17, 15) is 9.59 Å². The summed E-state index contributed by atoms with van der Waals surface area (Å²) in [5.74, 6) is 2.98. The maximum atomic E-state index is 12.1. The largest absolute Gasteiger partial charge is 0.469 e. The van der Waals surface area contributed by atoms with Gasteiger partial charge in [-0.15, -0.1) is 0 Å². The third-order valence-electron chi connectivity index (χ3n) is 8.56. The topological polar surface area (TPSA) is 43.4 Å². The van der Waals surface area contributed by atoms with Crippen LogP contribution in [0.4, 0.5) is 0 Å². The Balaban J connectivity index is 1.68. The summed E-state index contributed by atoms with van der Waals surface area (Å²) in [7, 11) is 1.52. The Morgan fingerprint density at radius 2 is 2.04 bits per heavy atom. The lowest BCUT2D eigenvalue weighted by molar-refractivity contribution is -0.148. The number of fused-ring (bicyclic) bond motifs is 5. The van der Waals surface area contributed by atoms with E-state index in [4.69, 9.17) is 4.74 Å². The Bertz CT molecular complexity index is 621. The molecule has 3 nitrogen and oxygen atoms in total. The molecule has 0 amide bonds. The molecule has 0 aliphatic heterocycles. The molecule has 0 unspecified atom stereocenters. The number of carbonyl (C=O) groups is 2. The van der Waals surface area contributed by atoms with E-state index in [1.54, 1.807) is 0 Å². The van der Waals surface area contributed by atoms with Crippen LogP contribution in [0.5, 0.6) is 0 Å². The average molecular weight is 344 g/mol. The molecule has 4 aliphatic rings. The van der Waals surface area contributed by atoms with Gasteiger partial charge in [0.2, 0.25) is 0 Å². The van der Waals surface area contributed by atoms with Crippen molar-refractivity contribution in [3.8, 4) is 0 Å². The number of hydrogen-bond acceptors (Lipinski definition) is 3. The van der Waals surface area contributed by atoms with Crippen LogP contribution in [0.2, 0.25) is 0 Å². The molecule has 4 aliphatic carbocycles. The molecule has 0 aromatic rings. The van der Waals surface area contributed by atoms with E-state index in [0.717, 1.165) is 25.7 Å². The molecule has 3 fully saturated rings. The second kappa shape index (κ2) is 5.96. The summed E-state index contributed by atoms with van der Waals surface area (Å²) in [6.45, 7) is 4.82. The average Bonchev–Trinajstić information content (AvgIpc) is 3.00. The molecular weight excluding hydrogens is 312 g/mol. The lowest BCUT2D eigenvalue weighted by Gasteiger charge is -2.60. The van der Waals surface area contributed by atoms with Crippen LogP contribution >= 0.6 is 0 Å². The van der Waals surface area contributed by atoms with Gasteiger partial charge in [-0.2, -0.15) is 0 Å². The SMILES string of the molecule is COC(=O)C[C@@]12CCC[C@H]1[C@@H]1[C@@H](C)CC3=CC(=O)CC[C@]3(C)[C@H]1CC2. The van der Waals surface area contributed by atoms with E-state index in [0.29, 0.717) is 35.9 Å². The second-order valence-electron chi connectivity index (χ2n) is 9.57. The number of carbonyl (C=O) groups excluding carboxylic acids is 2. The first kappa shape index (κ1) is 17.3. The Morgan fingerprint density at radius 3 is 2.80 bits per heavy atom. The maximum absolute atomic E-state index is 12.1. The van der Waals surface area contributed by atoms with Crippen LogP contribution in [-0.4, -0.2) is 18.9 Å². The third kappa shape index (κ3) is 2.52. The number of rotatable bonds is 2. The lowest BCUT2D eigenvalue weighted by Crippen LogP contribution is -2.53. The summed E-state index contributed by atoms with van der Waals surface area (Å²) >= 11 is 0. The summed E-state index contributed by atoms with van der Waals surface area (Å²) < 4.78 is 5.05. The molecule has 0 bridgehead atoms. The van der Waals surface area contributed by atoms with Crippen LogP contribution in [0.1, 0.15) is 71.6 Å². The highest BCUT2D eigenvalue weighted by molar-refractivity contribution is 5.91. The van der Waals surface area contributed by atoms with Gasteiger partial charge in [-0.25, -0.2) is 0 Å². The summed E-state index contributed by atoms with van der Waals surface area (Å²) in [5, 5.41) is 0. The predicted molar refractivity (Wildman–Crippen MR) is 96.8 cm³/mol. The third-order valence-corrected chi connectivity index (χ3v) is 8.56. The van der Waals surface area contributed by atoms with Crippen LogP contribution in [0.15, 0.2) is 11.6 Å². The van der Waals surface area contributed by atoms with Gasteiger partial charge in [-0.3, -0.25) is 9.59 Å². The van der Waals surface area contributed by atoms with Gasteiger partial charge in [0.1, 0.15) is 0 Å². The number of ketones is 1. The van der Waals surface area contributed by atoms with Crippen molar-refractivity contribution in [1.29, 1.82) is 0 Å². The predicted octanol–water partition coefficient (Wildman–Crippen LogP) is 4.70. The van der Waals surface area contributed by atoms with Gasteiger partial charge >= 0.3 is 5.97 Å². The van der Waals surface area contributed by atoms with Crippen molar-refractivity contribution < 1.29 is 14.3 Å². The van der Waals surface area contributed by atoms with Crippen molar-refractivity contribution in [2.75, 3.05) is 7.11 Å². The number of hydrogen-bond donors (Lipinski definition) is 0. The monoisotopic (exact) mass is 344 g/mol. The van der Waals surface area contributed by atoms with Crippen LogP contribution in [0, 0.1) is 34.5 Å². The molecule has 0 radical (unpaired) electrons. The van der Waals surface area contributed by atoms with Gasteiger partial charge < -0.3 is 4.74 Å². The molecular formula is C22H32O3. The fraction of sp³-hybridized carbons (Fsp3) is 0.818. The van der Waals surface area contributed by atoms with Gasteiger partial charge in [0, 0.05) is 6.42 Å². The molecule has 138 valence electrons. The molecule has 0 saturated heterocycles. The van der Waals surface area contributed by atoms with Crippen molar-refractivity contribution in [1.82, 2.24) is 0 Å². The molecule has 4 rings (SSSR count). The summed E-state index contributed by atoms with van der Waals surface area (Å²) in [6, 6.07) is 0. The molecule has 0 aromatic carbocycles. The van der Waals surface area contributed by atoms with Gasteiger partial charge in [0.15, 0.2) is 5.78 Å². The van der Waals surface area contributed by atoms with E-state index in [2.05, 4.69) is 13.8 Å². The minimum atomic E-state index is -0.0242. The normalized spacial score (nSPS) is 45.9. The summed E-state index contributed by atoms with van der Waals surface area (Å²) in [4.78, 5) is 24.1. The zero-order chi connectivity index (χ0) is 17.8. The Morgan fingerprint density at radius 1 is 1.24 bits per heavy atom. The van der Waals surface area contributed by atoms with E-state index in [1.807, 2.05) is 6.08 Å². The lowest BCUT2D eigenvalue weighted by atomic mass is 9.45. The molecule has 0 aromatic heterocycles. The van der Waals surface area contributed by atoms with Crippen molar-refractivity contribution in [3.63, 3.8) is 0 Å². The standard InChI is InChI=1S/C22H32O3/c1-14-11-15-12-16(23)6-9-21(15,2)17-7-10-22(13-19(24)25-3)8-4-5-18(22)20(14)17/h12,14,17-18,20H,4-11,13H2,1-3H3/t14-,17-,18-,20+,21-,22-/m0/s1. The van der Waals surface area contributed by atoms with E-state index >= 15 is 0 Å². The van der Waals surface area contributed by atoms with Crippen molar-refractivity contribution in [2.45, 2.75) is 71.6 Å². The Kier molecular flexibility index (Phi) is 4.12.